The molecule has 1 atom stereocenters. The third-order valence-electron chi connectivity index (χ3n) is 2.96. The Balaban J connectivity index is 1.82. The van der Waals surface area contributed by atoms with Gasteiger partial charge in [-0.3, -0.25) is 14.3 Å². The minimum atomic E-state index is -0.120. The molecule has 0 aromatic carbocycles. The molecule has 2 amide bonds. The number of anilines is 1. The van der Waals surface area contributed by atoms with Crippen molar-refractivity contribution in [3.05, 3.63) is 12.3 Å². The first-order valence-corrected chi connectivity index (χ1v) is 5.87. The summed E-state index contributed by atoms with van der Waals surface area (Å²) >= 11 is 0. The third kappa shape index (κ3) is 2.99. The van der Waals surface area contributed by atoms with Gasteiger partial charge in [-0.1, -0.05) is 0 Å². The SMILES string of the molecule is CN1CC(NC(=O)Cn2ccc(N)n2)CCC1=O. The number of nitrogen functional groups attached to an aromatic ring is 1. The van der Waals surface area contributed by atoms with E-state index in [4.69, 9.17) is 5.73 Å². The van der Waals surface area contributed by atoms with Crippen LogP contribution in [0.1, 0.15) is 12.8 Å². The van der Waals surface area contributed by atoms with Crippen molar-refractivity contribution in [1.29, 1.82) is 0 Å². The van der Waals surface area contributed by atoms with Gasteiger partial charge in [0.1, 0.15) is 12.4 Å². The molecule has 3 N–H and O–H groups in total. The maximum atomic E-state index is 11.8. The number of nitrogens with one attached hydrogen (secondary N) is 1. The number of amides is 2. The van der Waals surface area contributed by atoms with Crippen molar-refractivity contribution in [3.8, 4) is 0 Å². The van der Waals surface area contributed by atoms with Crippen LogP contribution in [-0.2, 0) is 16.1 Å². The fraction of sp³-hybridized carbons (Fsp3) is 0.545. The van der Waals surface area contributed by atoms with E-state index < -0.39 is 0 Å². The maximum absolute atomic E-state index is 11.8. The molecular formula is C11H17N5O2. The summed E-state index contributed by atoms with van der Waals surface area (Å²) in [6, 6.07) is 1.66. The molecule has 1 saturated heterocycles. The largest absolute Gasteiger partial charge is 0.382 e. The van der Waals surface area contributed by atoms with Gasteiger partial charge in [0.15, 0.2) is 0 Å². The Bertz CT molecular complexity index is 456. The number of rotatable bonds is 3. The molecule has 1 unspecified atom stereocenters. The zero-order chi connectivity index (χ0) is 13.1. The van der Waals surface area contributed by atoms with Crippen molar-refractivity contribution < 1.29 is 9.59 Å². The first kappa shape index (κ1) is 12.4. The number of piperidine rings is 1. The Kier molecular flexibility index (Phi) is 3.50. The van der Waals surface area contributed by atoms with E-state index in [1.54, 1.807) is 24.2 Å². The van der Waals surface area contributed by atoms with E-state index in [2.05, 4.69) is 10.4 Å². The van der Waals surface area contributed by atoms with Crippen LogP contribution in [0.15, 0.2) is 12.3 Å². The number of hydrogen-bond acceptors (Lipinski definition) is 4. The summed E-state index contributed by atoms with van der Waals surface area (Å²) in [6.07, 6.45) is 2.83. The van der Waals surface area contributed by atoms with Gasteiger partial charge >= 0.3 is 0 Å². The molecule has 7 heteroatoms. The molecule has 0 bridgehead atoms. The molecule has 7 nitrogen and oxygen atoms in total. The van der Waals surface area contributed by atoms with Crippen LogP contribution >= 0.6 is 0 Å². The highest BCUT2D eigenvalue weighted by Gasteiger charge is 2.23. The minimum Gasteiger partial charge on any atom is -0.382 e. The molecule has 0 spiro atoms. The number of aromatic nitrogens is 2. The average molecular weight is 251 g/mol. The van der Waals surface area contributed by atoms with Crippen LogP contribution in [0.2, 0.25) is 0 Å². The minimum absolute atomic E-state index is 0.0214. The Labute approximate surface area is 105 Å². The lowest BCUT2D eigenvalue weighted by Gasteiger charge is -2.30. The topological polar surface area (TPSA) is 93.2 Å². The zero-order valence-electron chi connectivity index (χ0n) is 10.3. The number of nitrogens with two attached hydrogens (primary N) is 1. The highest BCUT2D eigenvalue weighted by molar-refractivity contribution is 5.78. The van der Waals surface area contributed by atoms with Gasteiger partial charge in [-0.15, -0.1) is 0 Å². The van der Waals surface area contributed by atoms with E-state index in [0.29, 0.717) is 25.2 Å². The fourth-order valence-corrected chi connectivity index (χ4v) is 2.02. The molecule has 1 aromatic rings. The first-order valence-electron chi connectivity index (χ1n) is 5.87. The highest BCUT2D eigenvalue weighted by atomic mass is 16.2. The number of hydrogen-bond donors (Lipinski definition) is 2. The summed E-state index contributed by atoms with van der Waals surface area (Å²) in [5.74, 6) is 0.400. The predicted molar refractivity (Wildman–Crippen MR) is 65.4 cm³/mol. The van der Waals surface area contributed by atoms with Crippen molar-refractivity contribution in [2.75, 3.05) is 19.3 Å². The number of nitrogens with zero attached hydrogens (tertiary/aromatic N) is 3. The summed E-state index contributed by atoms with van der Waals surface area (Å²) in [6.45, 7) is 0.706. The smallest absolute Gasteiger partial charge is 0.242 e. The summed E-state index contributed by atoms with van der Waals surface area (Å²) in [5, 5.41) is 6.83. The normalized spacial score (nSPS) is 19.9. The van der Waals surface area contributed by atoms with E-state index in [1.807, 2.05) is 0 Å². The van der Waals surface area contributed by atoms with Crippen LogP contribution < -0.4 is 11.1 Å². The molecule has 0 aliphatic carbocycles. The molecule has 98 valence electrons. The monoisotopic (exact) mass is 251 g/mol. The molecule has 0 saturated carbocycles. The van der Waals surface area contributed by atoms with E-state index in [9.17, 15) is 9.59 Å². The van der Waals surface area contributed by atoms with Crippen molar-refractivity contribution >= 4 is 17.6 Å². The van der Waals surface area contributed by atoms with E-state index in [0.717, 1.165) is 0 Å². The molecule has 1 aliphatic rings. The lowest BCUT2D eigenvalue weighted by molar-refractivity contribution is -0.134. The van der Waals surface area contributed by atoms with Gasteiger partial charge in [0.2, 0.25) is 11.8 Å². The summed E-state index contributed by atoms with van der Waals surface area (Å²) in [7, 11) is 1.74. The lowest BCUT2D eigenvalue weighted by Crippen LogP contribution is -2.49. The number of carbonyl (C=O) groups is 2. The van der Waals surface area contributed by atoms with Gasteiger partial charge in [0.05, 0.1) is 0 Å². The van der Waals surface area contributed by atoms with Crippen LogP contribution in [0.4, 0.5) is 5.82 Å². The zero-order valence-corrected chi connectivity index (χ0v) is 10.3. The summed E-state index contributed by atoms with van der Waals surface area (Å²) in [5.41, 5.74) is 5.46. The van der Waals surface area contributed by atoms with Crippen molar-refractivity contribution in [1.82, 2.24) is 20.0 Å². The predicted octanol–water partition coefficient (Wildman–Crippen LogP) is -0.798. The van der Waals surface area contributed by atoms with Gasteiger partial charge in [0, 0.05) is 32.3 Å². The van der Waals surface area contributed by atoms with Gasteiger partial charge in [-0.05, 0) is 12.5 Å². The van der Waals surface area contributed by atoms with Gasteiger partial charge in [-0.25, -0.2) is 0 Å². The Morgan fingerprint density at radius 2 is 2.44 bits per heavy atom. The number of carbonyl (C=O) groups excluding carboxylic acids is 2. The van der Waals surface area contributed by atoms with Gasteiger partial charge < -0.3 is 16.0 Å². The van der Waals surface area contributed by atoms with Crippen LogP contribution in [0.5, 0.6) is 0 Å². The second kappa shape index (κ2) is 5.07. The Morgan fingerprint density at radius 3 is 3.06 bits per heavy atom. The fourth-order valence-electron chi connectivity index (χ4n) is 2.02. The molecule has 1 aromatic heterocycles. The van der Waals surface area contributed by atoms with E-state index >= 15 is 0 Å². The average Bonchev–Trinajstić information content (AvgIpc) is 2.69. The van der Waals surface area contributed by atoms with Crippen molar-refractivity contribution in [2.24, 2.45) is 0 Å². The summed E-state index contributed by atoms with van der Waals surface area (Å²) < 4.78 is 1.49. The second-order valence-corrected chi connectivity index (χ2v) is 4.52. The standard InChI is InChI=1S/C11H17N5O2/c1-15-6-8(2-3-11(15)18)13-10(17)7-16-5-4-9(12)14-16/h4-5,8H,2-3,6-7H2,1H3,(H2,12,14)(H,13,17). The Hall–Kier alpha value is -2.05. The third-order valence-corrected chi connectivity index (χ3v) is 2.96. The quantitative estimate of drug-likeness (QED) is 0.735. The molecule has 2 heterocycles. The second-order valence-electron chi connectivity index (χ2n) is 4.52. The molecular weight excluding hydrogens is 234 g/mol. The summed E-state index contributed by atoms with van der Waals surface area (Å²) in [4.78, 5) is 24.7. The van der Waals surface area contributed by atoms with Crippen LogP contribution in [0.25, 0.3) is 0 Å². The van der Waals surface area contributed by atoms with Gasteiger partial charge in [0.25, 0.3) is 0 Å². The molecule has 18 heavy (non-hydrogen) atoms. The van der Waals surface area contributed by atoms with Crippen LogP contribution in [0, 0.1) is 0 Å². The molecule has 1 fully saturated rings. The van der Waals surface area contributed by atoms with Crippen molar-refractivity contribution in [3.63, 3.8) is 0 Å². The highest BCUT2D eigenvalue weighted by Crippen LogP contribution is 2.09. The Morgan fingerprint density at radius 1 is 1.67 bits per heavy atom. The maximum Gasteiger partial charge on any atom is 0.242 e. The molecule has 1 aliphatic heterocycles. The van der Waals surface area contributed by atoms with Crippen LogP contribution in [0.3, 0.4) is 0 Å². The van der Waals surface area contributed by atoms with E-state index in [-0.39, 0.29) is 24.4 Å². The molecule has 2 rings (SSSR count). The van der Waals surface area contributed by atoms with Crippen LogP contribution in [-0.4, -0.2) is 46.1 Å². The van der Waals surface area contributed by atoms with E-state index in [1.165, 1.54) is 4.68 Å². The first-order chi connectivity index (χ1) is 8.54. The molecule has 0 radical (unpaired) electrons. The number of likely N-dealkylation sites (tertiary alicyclic amines) is 1. The lowest BCUT2D eigenvalue weighted by atomic mass is 10.1. The van der Waals surface area contributed by atoms with Crippen molar-refractivity contribution in [2.45, 2.75) is 25.4 Å². The van der Waals surface area contributed by atoms with Gasteiger partial charge in [-0.2, -0.15) is 5.10 Å². The number of likely N-dealkylation sites (N-methyl/N-ethyl adjacent to an activating group) is 1.